The number of hydrogen-bond acceptors (Lipinski definition) is 4. The predicted octanol–water partition coefficient (Wildman–Crippen LogP) is 2.30. The highest BCUT2D eigenvalue weighted by Gasteiger charge is 2.43. The van der Waals surface area contributed by atoms with Gasteiger partial charge in [-0.05, 0) is 25.3 Å². The van der Waals surface area contributed by atoms with Crippen LogP contribution in [0, 0.1) is 11.8 Å². The van der Waals surface area contributed by atoms with Gasteiger partial charge in [0, 0.05) is 31.0 Å². The van der Waals surface area contributed by atoms with E-state index in [0.29, 0.717) is 6.42 Å². The Balaban J connectivity index is 1.62. The first-order chi connectivity index (χ1) is 10.3. The Hall–Kier alpha value is -1.57. The van der Waals surface area contributed by atoms with Gasteiger partial charge in [0.2, 0.25) is 0 Å². The maximum atomic E-state index is 8.74. The summed E-state index contributed by atoms with van der Waals surface area (Å²) in [7, 11) is 0. The van der Waals surface area contributed by atoms with Crippen molar-refractivity contribution in [3.8, 4) is 17.6 Å². The Morgan fingerprint density at radius 3 is 3.10 bits per heavy atom. The highest BCUT2D eigenvalue weighted by molar-refractivity contribution is 5.36. The van der Waals surface area contributed by atoms with Crippen LogP contribution in [0.25, 0.3) is 0 Å². The number of ether oxygens (including phenoxy) is 2. The highest BCUT2D eigenvalue weighted by atomic mass is 16.5. The van der Waals surface area contributed by atoms with Gasteiger partial charge in [0.15, 0.2) is 0 Å². The first kappa shape index (κ1) is 14.4. The Bertz CT molecular complexity index is 542. The van der Waals surface area contributed by atoms with Crippen LogP contribution >= 0.6 is 0 Å². The van der Waals surface area contributed by atoms with E-state index in [0.717, 1.165) is 43.6 Å². The monoisotopic (exact) mass is 287 g/mol. The van der Waals surface area contributed by atoms with Crippen LogP contribution in [0.3, 0.4) is 0 Å². The van der Waals surface area contributed by atoms with Crippen LogP contribution in [0.2, 0.25) is 0 Å². The molecule has 21 heavy (non-hydrogen) atoms. The third-order valence-corrected chi connectivity index (χ3v) is 4.20. The molecule has 1 saturated heterocycles. The summed E-state index contributed by atoms with van der Waals surface area (Å²) >= 11 is 0. The van der Waals surface area contributed by atoms with Crippen LogP contribution < -0.4 is 4.74 Å². The number of aromatic nitrogens is 1. The number of hydrogen-bond donors (Lipinski definition) is 1. The molecule has 2 aliphatic rings. The van der Waals surface area contributed by atoms with Crippen molar-refractivity contribution in [2.75, 3.05) is 13.2 Å². The van der Waals surface area contributed by atoms with E-state index in [-0.39, 0.29) is 18.3 Å². The Kier molecular flexibility index (Phi) is 4.42. The third-order valence-electron chi connectivity index (χ3n) is 4.20. The van der Waals surface area contributed by atoms with Gasteiger partial charge in [0.05, 0.1) is 25.0 Å². The number of rotatable bonds is 3. The Morgan fingerprint density at radius 2 is 2.33 bits per heavy atom. The standard InChI is InChI=1S/C17H21NO3/c19-8-2-1-4-14-10-16(13-18-12-14)21-15-5-9-20-17(11-15)6-3-7-17/h10,12-13,15,19H,2-3,5-9,11H2. The lowest BCUT2D eigenvalue weighted by Crippen LogP contribution is -2.48. The fourth-order valence-corrected chi connectivity index (χ4v) is 2.97. The molecule has 112 valence electrons. The zero-order chi connectivity index (χ0) is 14.5. The summed E-state index contributed by atoms with van der Waals surface area (Å²) in [5.41, 5.74) is 0.917. The summed E-state index contributed by atoms with van der Waals surface area (Å²) in [6.07, 6.45) is 9.65. The van der Waals surface area contributed by atoms with E-state index in [2.05, 4.69) is 16.8 Å². The van der Waals surface area contributed by atoms with Gasteiger partial charge in [-0.3, -0.25) is 4.98 Å². The summed E-state index contributed by atoms with van der Waals surface area (Å²) in [5, 5.41) is 8.74. The SMILES string of the molecule is OCCC#Cc1cncc(OC2CCOC3(CCC3)C2)c1. The number of nitrogens with zero attached hydrogens (tertiary/aromatic N) is 1. The molecule has 1 spiro atoms. The van der Waals surface area contributed by atoms with Gasteiger partial charge in [-0.25, -0.2) is 0 Å². The second-order valence-electron chi connectivity index (χ2n) is 5.80. The minimum absolute atomic E-state index is 0.0841. The molecule has 1 unspecified atom stereocenters. The van der Waals surface area contributed by atoms with E-state index in [1.165, 1.54) is 6.42 Å². The maximum Gasteiger partial charge on any atom is 0.139 e. The first-order valence-corrected chi connectivity index (χ1v) is 7.65. The van der Waals surface area contributed by atoms with Crippen LogP contribution in [0.1, 0.15) is 44.1 Å². The second-order valence-corrected chi connectivity index (χ2v) is 5.80. The smallest absolute Gasteiger partial charge is 0.139 e. The van der Waals surface area contributed by atoms with Crippen LogP contribution in [0.4, 0.5) is 0 Å². The van der Waals surface area contributed by atoms with Crippen molar-refractivity contribution in [3.05, 3.63) is 24.0 Å². The van der Waals surface area contributed by atoms with E-state index in [4.69, 9.17) is 14.6 Å². The molecule has 1 saturated carbocycles. The number of pyridine rings is 1. The van der Waals surface area contributed by atoms with Crippen molar-refractivity contribution in [2.45, 2.75) is 50.2 Å². The molecular formula is C17H21NO3. The van der Waals surface area contributed by atoms with E-state index < -0.39 is 0 Å². The van der Waals surface area contributed by atoms with Gasteiger partial charge < -0.3 is 14.6 Å². The zero-order valence-electron chi connectivity index (χ0n) is 12.2. The largest absolute Gasteiger partial charge is 0.489 e. The van der Waals surface area contributed by atoms with Crippen LogP contribution in [-0.4, -0.2) is 35.0 Å². The maximum absolute atomic E-state index is 8.74. The fourth-order valence-electron chi connectivity index (χ4n) is 2.97. The molecule has 1 N–H and O–H groups in total. The van der Waals surface area contributed by atoms with Gasteiger partial charge in [-0.2, -0.15) is 0 Å². The summed E-state index contributed by atoms with van der Waals surface area (Å²) in [4.78, 5) is 4.18. The van der Waals surface area contributed by atoms with Crippen molar-refractivity contribution in [1.29, 1.82) is 0 Å². The third kappa shape index (κ3) is 3.55. The average molecular weight is 287 g/mol. The number of aliphatic hydroxyl groups is 1. The topological polar surface area (TPSA) is 51.6 Å². The second kappa shape index (κ2) is 6.46. The minimum atomic E-state index is 0.0841. The Labute approximate surface area is 125 Å². The summed E-state index contributed by atoms with van der Waals surface area (Å²) in [5.74, 6) is 6.65. The molecule has 1 aromatic rings. The van der Waals surface area contributed by atoms with Crippen molar-refractivity contribution < 1.29 is 14.6 Å². The van der Waals surface area contributed by atoms with Crippen LogP contribution in [0.15, 0.2) is 18.5 Å². The highest BCUT2D eigenvalue weighted by Crippen LogP contribution is 2.43. The summed E-state index contributed by atoms with van der Waals surface area (Å²) in [6.45, 7) is 0.870. The van der Waals surface area contributed by atoms with E-state index in [1.54, 1.807) is 12.4 Å². The molecule has 0 radical (unpaired) electrons. The number of aliphatic hydroxyl groups excluding tert-OH is 1. The fraction of sp³-hybridized carbons (Fsp3) is 0.588. The van der Waals surface area contributed by atoms with Crippen molar-refractivity contribution >= 4 is 0 Å². The molecule has 1 atom stereocenters. The van der Waals surface area contributed by atoms with Gasteiger partial charge >= 0.3 is 0 Å². The van der Waals surface area contributed by atoms with Gasteiger partial charge in [0.1, 0.15) is 11.9 Å². The molecule has 1 aliphatic carbocycles. The molecule has 1 aliphatic heterocycles. The molecule has 4 heteroatoms. The van der Waals surface area contributed by atoms with Crippen LogP contribution in [0.5, 0.6) is 5.75 Å². The molecule has 2 heterocycles. The molecule has 3 rings (SSSR count). The minimum Gasteiger partial charge on any atom is -0.489 e. The lowest BCUT2D eigenvalue weighted by Gasteiger charge is -2.46. The molecule has 1 aromatic heterocycles. The molecule has 2 fully saturated rings. The van der Waals surface area contributed by atoms with Crippen LogP contribution in [-0.2, 0) is 4.74 Å². The average Bonchev–Trinajstić information content (AvgIpc) is 2.47. The molecule has 4 nitrogen and oxygen atoms in total. The van der Waals surface area contributed by atoms with Gasteiger partial charge in [-0.1, -0.05) is 11.8 Å². The van der Waals surface area contributed by atoms with Crippen molar-refractivity contribution in [2.24, 2.45) is 0 Å². The van der Waals surface area contributed by atoms with E-state index in [1.807, 2.05) is 6.07 Å². The summed E-state index contributed by atoms with van der Waals surface area (Å²) < 4.78 is 12.0. The Morgan fingerprint density at radius 1 is 1.43 bits per heavy atom. The predicted molar refractivity (Wildman–Crippen MR) is 79.0 cm³/mol. The normalized spacial score (nSPS) is 23.0. The van der Waals surface area contributed by atoms with E-state index in [9.17, 15) is 0 Å². The quantitative estimate of drug-likeness (QED) is 0.867. The van der Waals surface area contributed by atoms with Gasteiger partial charge in [-0.15, -0.1) is 0 Å². The molecular weight excluding hydrogens is 266 g/mol. The van der Waals surface area contributed by atoms with Gasteiger partial charge in [0.25, 0.3) is 0 Å². The summed E-state index contributed by atoms with van der Waals surface area (Å²) in [6, 6.07) is 1.92. The van der Waals surface area contributed by atoms with Crippen molar-refractivity contribution in [1.82, 2.24) is 4.98 Å². The molecule has 0 bridgehead atoms. The van der Waals surface area contributed by atoms with E-state index >= 15 is 0 Å². The lowest BCUT2D eigenvalue weighted by molar-refractivity contribution is -0.153. The van der Waals surface area contributed by atoms with Crippen molar-refractivity contribution in [3.63, 3.8) is 0 Å². The lowest BCUT2D eigenvalue weighted by atomic mass is 9.74. The molecule has 0 amide bonds. The first-order valence-electron chi connectivity index (χ1n) is 7.65. The zero-order valence-corrected chi connectivity index (χ0v) is 12.2. The molecule has 0 aromatic carbocycles.